The van der Waals surface area contributed by atoms with Crippen molar-refractivity contribution in [3.8, 4) is 0 Å². The van der Waals surface area contributed by atoms with Gasteiger partial charge in [-0.3, -0.25) is 4.90 Å². The van der Waals surface area contributed by atoms with Crippen molar-refractivity contribution in [3.63, 3.8) is 0 Å². The van der Waals surface area contributed by atoms with Crippen LogP contribution in [0.25, 0.3) is 21.8 Å². The van der Waals surface area contributed by atoms with Crippen LogP contribution >= 0.6 is 23.2 Å². The standard InChI is InChI=1S/C25H23Cl2N3O3/c26-18-6-5-17(21(27)13-18)16-30-23-4-2-1-3-19(23)20-14-22(28-15-24(20)30)25(31)33-12-9-29-7-10-32-11-8-29/h1-6,13-15H,7-12,16H2. The molecular formula is C25H23Cl2N3O3. The molecule has 4 aromatic rings. The van der Waals surface area contributed by atoms with E-state index in [0.717, 1.165) is 53.7 Å². The average Bonchev–Trinajstić information content (AvgIpc) is 3.14. The lowest BCUT2D eigenvalue weighted by molar-refractivity contribution is 0.0193. The van der Waals surface area contributed by atoms with Crippen molar-refractivity contribution in [1.82, 2.24) is 14.5 Å². The fraction of sp³-hybridized carbons (Fsp3) is 0.280. The molecule has 0 saturated carbocycles. The number of carbonyl (C=O) groups excluding carboxylic acids is 1. The third kappa shape index (κ3) is 4.70. The van der Waals surface area contributed by atoms with Crippen LogP contribution in [0.2, 0.25) is 10.0 Å². The molecule has 5 rings (SSSR count). The Morgan fingerprint density at radius 3 is 2.67 bits per heavy atom. The third-order valence-electron chi connectivity index (χ3n) is 5.96. The number of para-hydroxylation sites is 1. The van der Waals surface area contributed by atoms with E-state index in [2.05, 4.69) is 20.5 Å². The number of aromatic nitrogens is 2. The fourth-order valence-corrected chi connectivity index (χ4v) is 4.68. The highest BCUT2D eigenvalue weighted by Crippen LogP contribution is 2.31. The van der Waals surface area contributed by atoms with E-state index in [1.165, 1.54) is 0 Å². The van der Waals surface area contributed by atoms with Crippen LogP contribution in [0.5, 0.6) is 0 Å². The Morgan fingerprint density at radius 2 is 1.85 bits per heavy atom. The van der Waals surface area contributed by atoms with Crippen molar-refractivity contribution in [2.24, 2.45) is 0 Å². The number of esters is 1. The van der Waals surface area contributed by atoms with Gasteiger partial charge in [0.25, 0.3) is 0 Å². The molecule has 170 valence electrons. The van der Waals surface area contributed by atoms with Gasteiger partial charge in [-0.05, 0) is 29.8 Å². The monoisotopic (exact) mass is 483 g/mol. The second-order valence-corrected chi connectivity index (χ2v) is 8.86. The lowest BCUT2D eigenvalue weighted by Gasteiger charge is -2.26. The number of carbonyl (C=O) groups is 1. The molecule has 0 atom stereocenters. The highest BCUT2D eigenvalue weighted by atomic mass is 35.5. The van der Waals surface area contributed by atoms with Crippen molar-refractivity contribution in [2.45, 2.75) is 6.54 Å². The number of morpholine rings is 1. The molecule has 8 heteroatoms. The topological polar surface area (TPSA) is 56.6 Å². The number of ether oxygens (including phenoxy) is 2. The molecule has 33 heavy (non-hydrogen) atoms. The summed E-state index contributed by atoms with van der Waals surface area (Å²) in [5.74, 6) is -0.414. The van der Waals surface area contributed by atoms with Crippen LogP contribution in [0.15, 0.2) is 54.7 Å². The summed E-state index contributed by atoms with van der Waals surface area (Å²) < 4.78 is 13.0. The van der Waals surface area contributed by atoms with E-state index in [9.17, 15) is 4.79 Å². The molecule has 0 amide bonds. The van der Waals surface area contributed by atoms with E-state index >= 15 is 0 Å². The van der Waals surface area contributed by atoms with Crippen LogP contribution in [0.4, 0.5) is 0 Å². The van der Waals surface area contributed by atoms with E-state index in [-0.39, 0.29) is 0 Å². The first-order valence-electron chi connectivity index (χ1n) is 10.9. The van der Waals surface area contributed by atoms with Crippen molar-refractivity contribution in [3.05, 3.63) is 76.0 Å². The summed E-state index contributed by atoms with van der Waals surface area (Å²) >= 11 is 12.5. The van der Waals surface area contributed by atoms with Crippen LogP contribution in [0.3, 0.4) is 0 Å². The maximum Gasteiger partial charge on any atom is 0.356 e. The van der Waals surface area contributed by atoms with Gasteiger partial charge in [0.05, 0.1) is 24.9 Å². The van der Waals surface area contributed by atoms with Gasteiger partial charge in [-0.1, -0.05) is 47.5 Å². The van der Waals surface area contributed by atoms with E-state index in [4.69, 9.17) is 32.7 Å². The molecule has 0 spiro atoms. The minimum Gasteiger partial charge on any atom is -0.460 e. The molecule has 0 radical (unpaired) electrons. The zero-order valence-electron chi connectivity index (χ0n) is 18.0. The van der Waals surface area contributed by atoms with Crippen molar-refractivity contribution < 1.29 is 14.3 Å². The molecule has 1 saturated heterocycles. The number of benzene rings is 2. The first kappa shape index (κ1) is 22.2. The minimum atomic E-state index is -0.414. The molecule has 1 fully saturated rings. The summed E-state index contributed by atoms with van der Waals surface area (Å²) in [6, 6.07) is 15.4. The van der Waals surface area contributed by atoms with Crippen LogP contribution in [0, 0.1) is 0 Å². The maximum absolute atomic E-state index is 12.7. The summed E-state index contributed by atoms with van der Waals surface area (Å²) in [6.07, 6.45) is 1.73. The van der Waals surface area contributed by atoms with Gasteiger partial charge >= 0.3 is 5.97 Å². The third-order valence-corrected chi connectivity index (χ3v) is 6.54. The number of fused-ring (bicyclic) bond motifs is 3. The Balaban J connectivity index is 1.42. The number of hydrogen-bond acceptors (Lipinski definition) is 5. The molecule has 3 heterocycles. The second kappa shape index (κ2) is 9.69. The maximum atomic E-state index is 12.7. The van der Waals surface area contributed by atoms with Gasteiger partial charge in [0.15, 0.2) is 0 Å². The van der Waals surface area contributed by atoms with E-state index < -0.39 is 5.97 Å². The van der Waals surface area contributed by atoms with Gasteiger partial charge in [0.1, 0.15) is 12.3 Å². The zero-order valence-corrected chi connectivity index (χ0v) is 19.5. The summed E-state index contributed by atoms with van der Waals surface area (Å²) in [5, 5.41) is 3.21. The highest BCUT2D eigenvalue weighted by molar-refractivity contribution is 6.35. The summed E-state index contributed by atoms with van der Waals surface area (Å²) in [6.45, 7) is 4.74. The van der Waals surface area contributed by atoms with Crippen LogP contribution in [0.1, 0.15) is 16.1 Å². The lowest BCUT2D eigenvalue weighted by atomic mass is 10.1. The van der Waals surface area contributed by atoms with Gasteiger partial charge in [-0.15, -0.1) is 0 Å². The van der Waals surface area contributed by atoms with Gasteiger partial charge in [0.2, 0.25) is 0 Å². The van der Waals surface area contributed by atoms with Crippen LogP contribution in [-0.4, -0.2) is 59.9 Å². The minimum absolute atomic E-state index is 0.303. The Labute approximate surface area is 201 Å². The van der Waals surface area contributed by atoms with Crippen molar-refractivity contribution in [1.29, 1.82) is 0 Å². The predicted molar refractivity (Wildman–Crippen MR) is 130 cm³/mol. The van der Waals surface area contributed by atoms with Gasteiger partial charge in [-0.25, -0.2) is 9.78 Å². The summed E-state index contributed by atoms with van der Waals surface area (Å²) in [4.78, 5) is 19.3. The van der Waals surface area contributed by atoms with Crippen molar-refractivity contribution in [2.75, 3.05) is 39.5 Å². The van der Waals surface area contributed by atoms with E-state index in [0.29, 0.717) is 35.4 Å². The Bertz CT molecular complexity index is 1320. The average molecular weight is 484 g/mol. The number of nitrogens with zero attached hydrogens (tertiary/aromatic N) is 3. The lowest BCUT2D eigenvalue weighted by Crippen LogP contribution is -2.38. The van der Waals surface area contributed by atoms with Gasteiger partial charge in [0, 0.05) is 52.5 Å². The van der Waals surface area contributed by atoms with Crippen LogP contribution < -0.4 is 0 Å². The predicted octanol–water partition coefficient (Wildman–Crippen LogP) is 5.03. The summed E-state index contributed by atoms with van der Waals surface area (Å²) in [5.41, 5.74) is 3.22. The number of pyridine rings is 1. The number of hydrogen-bond donors (Lipinski definition) is 0. The molecule has 2 aromatic carbocycles. The molecule has 0 aliphatic carbocycles. The number of halogens is 2. The largest absolute Gasteiger partial charge is 0.460 e. The molecule has 6 nitrogen and oxygen atoms in total. The molecule has 1 aliphatic heterocycles. The molecule has 1 aliphatic rings. The Morgan fingerprint density at radius 1 is 1.03 bits per heavy atom. The molecule has 0 N–H and O–H groups in total. The second-order valence-electron chi connectivity index (χ2n) is 8.02. The first-order chi connectivity index (χ1) is 16.1. The molecular weight excluding hydrogens is 461 g/mol. The van der Waals surface area contributed by atoms with E-state index in [1.54, 1.807) is 12.3 Å². The van der Waals surface area contributed by atoms with Crippen molar-refractivity contribution >= 4 is 51.0 Å². The van der Waals surface area contributed by atoms with E-state index in [1.807, 2.05) is 36.4 Å². The quantitative estimate of drug-likeness (QED) is 0.359. The highest BCUT2D eigenvalue weighted by Gasteiger charge is 2.17. The number of rotatable bonds is 6. The van der Waals surface area contributed by atoms with Crippen LogP contribution in [-0.2, 0) is 16.0 Å². The Kier molecular flexibility index (Phi) is 6.51. The van der Waals surface area contributed by atoms with Gasteiger partial charge in [-0.2, -0.15) is 0 Å². The summed E-state index contributed by atoms with van der Waals surface area (Å²) in [7, 11) is 0. The van der Waals surface area contributed by atoms with Gasteiger partial charge < -0.3 is 14.0 Å². The SMILES string of the molecule is O=C(OCCN1CCOCC1)c1cc2c3ccccc3n(Cc3ccc(Cl)cc3Cl)c2cn1. The smallest absolute Gasteiger partial charge is 0.356 e. The fourth-order valence-electron chi connectivity index (χ4n) is 4.21. The Hall–Kier alpha value is -2.64. The zero-order chi connectivity index (χ0) is 22.8. The normalized spacial score (nSPS) is 14.7. The molecule has 0 bridgehead atoms. The molecule has 0 unspecified atom stereocenters. The first-order valence-corrected chi connectivity index (χ1v) is 11.6. The molecule has 2 aromatic heterocycles.